The topological polar surface area (TPSA) is 66.5 Å². The van der Waals surface area contributed by atoms with Crippen LogP contribution in [0.3, 0.4) is 0 Å². The Kier molecular flexibility index (Phi) is 4.10. The summed E-state index contributed by atoms with van der Waals surface area (Å²) in [7, 11) is -3.30. The molecule has 6 heteroatoms. The summed E-state index contributed by atoms with van der Waals surface area (Å²) in [5, 5.41) is 0. The maximum atomic E-state index is 11.8. The lowest BCUT2D eigenvalue weighted by Crippen LogP contribution is -2.48. The van der Waals surface area contributed by atoms with Gasteiger partial charge in [-0.05, 0) is 26.2 Å². The molecule has 0 aromatic rings. The van der Waals surface area contributed by atoms with E-state index in [2.05, 4.69) is 4.72 Å². The summed E-state index contributed by atoms with van der Waals surface area (Å²) in [6.07, 6.45) is 4.24. The second-order valence-electron chi connectivity index (χ2n) is 4.00. The number of carbonyl (C=O) groups is 1. The van der Waals surface area contributed by atoms with Crippen LogP contribution in [-0.4, -0.2) is 44.6 Å². The molecule has 5 nitrogen and oxygen atoms in total. The third-order valence-electron chi connectivity index (χ3n) is 2.43. The van der Waals surface area contributed by atoms with E-state index in [1.807, 2.05) is 0 Å². The van der Waals surface area contributed by atoms with Gasteiger partial charge in [0.2, 0.25) is 15.9 Å². The van der Waals surface area contributed by atoms with Crippen molar-refractivity contribution in [3.63, 3.8) is 0 Å². The van der Waals surface area contributed by atoms with Crippen LogP contribution in [0, 0.1) is 0 Å². The molecule has 1 N–H and O–H groups in total. The number of sulfonamides is 1. The Morgan fingerprint density at radius 2 is 1.80 bits per heavy atom. The maximum Gasteiger partial charge on any atom is 0.240 e. The van der Waals surface area contributed by atoms with Gasteiger partial charge in [-0.15, -0.1) is 0 Å². The van der Waals surface area contributed by atoms with Gasteiger partial charge < -0.3 is 4.90 Å². The van der Waals surface area contributed by atoms with Gasteiger partial charge in [-0.25, -0.2) is 13.1 Å². The first-order chi connectivity index (χ1) is 6.90. The van der Waals surface area contributed by atoms with Crippen molar-refractivity contribution in [3.05, 3.63) is 0 Å². The predicted octanol–water partition coefficient (Wildman–Crippen LogP) is -0.0634. The molecule has 1 heterocycles. The lowest BCUT2D eigenvalue weighted by atomic mass is 10.1. The van der Waals surface area contributed by atoms with Crippen LogP contribution < -0.4 is 4.72 Å². The molecular formula is C9H18N2O3S. The molecule has 0 aliphatic carbocycles. The molecule has 1 amide bonds. The van der Waals surface area contributed by atoms with Crippen LogP contribution in [0.25, 0.3) is 0 Å². The third-order valence-corrected chi connectivity index (χ3v) is 3.21. The fraction of sp³-hybridized carbons (Fsp3) is 0.889. The Morgan fingerprint density at radius 1 is 1.27 bits per heavy atom. The number of hydrogen-bond acceptors (Lipinski definition) is 3. The molecule has 1 aliphatic heterocycles. The average Bonchev–Trinajstić information content (AvgIpc) is 2.15. The van der Waals surface area contributed by atoms with Crippen molar-refractivity contribution in [2.24, 2.45) is 0 Å². The molecule has 0 unspecified atom stereocenters. The minimum absolute atomic E-state index is 0.125. The van der Waals surface area contributed by atoms with Gasteiger partial charge in [-0.1, -0.05) is 0 Å². The number of amides is 1. The maximum absolute atomic E-state index is 11.8. The summed E-state index contributed by atoms with van der Waals surface area (Å²) in [5.74, 6) is -0.125. The number of nitrogens with zero attached hydrogens (tertiary/aromatic N) is 1. The van der Waals surface area contributed by atoms with Crippen LogP contribution in [0.2, 0.25) is 0 Å². The van der Waals surface area contributed by atoms with Crippen molar-refractivity contribution in [1.82, 2.24) is 9.62 Å². The number of likely N-dealkylation sites (tertiary alicyclic amines) is 1. The molecule has 0 bridgehead atoms. The summed E-state index contributed by atoms with van der Waals surface area (Å²) in [5.41, 5.74) is 0. The summed E-state index contributed by atoms with van der Waals surface area (Å²) in [6.45, 7) is 3.07. The lowest BCUT2D eigenvalue weighted by molar-refractivity contribution is -0.133. The predicted molar refractivity (Wildman–Crippen MR) is 57.9 cm³/mol. The summed E-state index contributed by atoms with van der Waals surface area (Å²) in [6, 6.07) is -0.655. The summed E-state index contributed by atoms with van der Waals surface area (Å²) < 4.78 is 24.2. The quantitative estimate of drug-likeness (QED) is 0.743. The first-order valence-electron chi connectivity index (χ1n) is 5.16. The molecule has 15 heavy (non-hydrogen) atoms. The van der Waals surface area contributed by atoms with Crippen molar-refractivity contribution in [2.75, 3.05) is 19.3 Å². The molecule has 0 aromatic carbocycles. The zero-order valence-electron chi connectivity index (χ0n) is 9.19. The second kappa shape index (κ2) is 4.94. The highest BCUT2D eigenvalue weighted by molar-refractivity contribution is 7.88. The van der Waals surface area contributed by atoms with E-state index in [0.717, 1.165) is 38.6 Å². The fourth-order valence-electron chi connectivity index (χ4n) is 1.76. The van der Waals surface area contributed by atoms with Crippen LogP contribution in [0.5, 0.6) is 0 Å². The van der Waals surface area contributed by atoms with E-state index < -0.39 is 16.1 Å². The Morgan fingerprint density at radius 3 is 2.27 bits per heavy atom. The molecule has 1 fully saturated rings. The van der Waals surface area contributed by atoms with E-state index in [0.29, 0.717) is 0 Å². The number of hydrogen-bond donors (Lipinski definition) is 1. The SMILES string of the molecule is C[C@H](NS(C)(=O)=O)C(=O)N1CCCCC1. The van der Waals surface area contributed by atoms with E-state index in [4.69, 9.17) is 0 Å². The van der Waals surface area contributed by atoms with Crippen LogP contribution in [-0.2, 0) is 14.8 Å². The highest BCUT2D eigenvalue weighted by Gasteiger charge is 2.23. The Labute approximate surface area is 90.9 Å². The van der Waals surface area contributed by atoms with Gasteiger partial charge in [0.15, 0.2) is 0 Å². The Balaban J connectivity index is 2.51. The van der Waals surface area contributed by atoms with Crippen molar-refractivity contribution < 1.29 is 13.2 Å². The Hall–Kier alpha value is -0.620. The molecule has 0 radical (unpaired) electrons. The van der Waals surface area contributed by atoms with Crippen molar-refractivity contribution in [1.29, 1.82) is 0 Å². The summed E-state index contributed by atoms with van der Waals surface area (Å²) >= 11 is 0. The molecular weight excluding hydrogens is 216 g/mol. The van der Waals surface area contributed by atoms with E-state index >= 15 is 0 Å². The van der Waals surface area contributed by atoms with E-state index in [-0.39, 0.29) is 5.91 Å². The van der Waals surface area contributed by atoms with Crippen LogP contribution in [0.4, 0.5) is 0 Å². The normalized spacial score (nSPS) is 20.0. The van der Waals surface area contributed by atoms with Gasteiger partial charge >= 0.3 is 0 Å². The van der Waals surface area contributed by atoms with E-state index in [1.165, 1.54) is 0 Å². The molecule has 0 saturated carbocycles. The largest absolute Gasteiger partial charge is 0.341 e. The Bertz CT molecular complexity index is 320. The molecule has 88 valence electrons. The van der Waals surface area contributed by atoms with Crippen molar-refractivity contribution in [2.45, 2.75) is 32.2 Å². The number of nitrogens with one attached hydrogen (secondary N) is 1. The molecule has 1 rings (SSSR count). The standard InChI is InChI=1S/C9H18N2O3S/c1-8(10-15(2,13)14)9(12)11-6-4-3-5-7-11/h8,10H,3-7H2,1-2H3/t8-/m0/s1. The molecule has 1 saturated heterocycles. The van der Waals surface area contributed by atoms with E-state index in [9.17, 15) is 13.2 Å². The minimum atomic E-state index is -3.30. The van der Waals surface area contributed by atoms with Crippen LogP contribution in [0.1, 0.15) is 26.2 Å². The lowest BCUT2D eigenvalue weighted by Gasteiger charge is -2.29. The van der Waals surface area contributed by atoms with Crippen molar-refractivity contribution in [3.8, 4) is 0 Å². The van der Waals surface area contributed by atoms with Gasteiger partial charge in [-0.2, -0.15) is 0 Å². The van der Waals surface area contributed by atoms with Crippen molar-refractivity contribution >= 4 is 15.9 Å². The molecule has 0 spiro atoms. The number of rotatable bonds is 3. The minimum Gasteiger partial charge on any atom is -0.341 e. The highest BCUT2D eigenvalue weighted by Crippen LogP contribution is 2.10. The zero-order valence-corrected chi connectivity index (χ0v) is 10.0. The second-order valence-corrected chi connectivity index (χ2v) is 5.78. The highest BCUT2D eigenvalue weighted by atomic mass is 32.2. The number of piperidine rings is 1. The first-order valence-corrected chi connectivity index (χ1v) is 7.05. The summed E-state index contributed by atoms with van der Waals surface area (Å²) in [4.78, 5) is 13.5. The monoisotopic (exact) mass is 234 g/mol. The molecule has 1 aliphatic rings. The molecule has 0 aromatic heterocycles. The first kappa shape index (κ1) is 12.4. The zero-order chi connectivity index (χ0) is 11.5. The average molecular weight is 234 g/mol. The number of carbonyl (C=O) groups excluding carboxylic acids is 1. The van der Waals surface area contributed by atoms with E-state index in [1.54, 1.807) is 11.8 Å². The third kappa shape index (κ3) is 4.17. The van der Waals surface area contributed by atoms with Gasteiger partial charge in [0, 0.05) is 13.1 Å². The van der Waals surface area contributed by atoms with Gasteiger partial charge in [0.05, 0.1) is 12.3 Å². The fourth-order valence-corrected chi connectivity index (χ4v) is 2.50. The molecule has 1 atom stereocenters. The smallest absolute Gasteiger partial charge is 0.240 e. The van der Waals surface area contributed by atoms with Crippen LogP contribution in [0.15, 0.2) is 0 Å². The van der Waals surface area contributed by atoms with Crippen LogP contribution >= 0.6 is 0 Å². The van der Waals surface area contributed by atoms with Gasteiger partial charge in [0.1, 0.15) is 0 Å². The van der Waals surface area contributed by atoms with Gasteiger partial charge in [0.25, 0.3) is 0 Å². The van der Waals surface area contributed by atoms with Gasteiger partial charge in [-0.3, -0.25) is 4.79 Å².